The molecule has 2 aliphatic heterocycles. The van der Waals surface area contributed by atoms with Crippen molar-refractivity contribution in [1.82, 2.24) is 4.57 Å². The Balaban J connectivity index is 1.04. The van der Waals surface area contributed by atoms with Crippen molar-refractivity contribution in [3.63, 3.8) is 0 Å². The number of hydrogen-bond acceptors (Lipinski definition) is 3. The number of anilines is 3. The summed E-state index contributed by atoms with van der Waals surface area (Å²) < 4.78 is 9.19. The van der Waals surface area contributed by atoms with Crippen molar-refractivity contribution in [3.8, 4) is 27.9 Å². The maximum Gasteiger partial charge on any atom is 0.197 e. The topological polar surface area (TPSA) is 33.3 Å². The van der Waals surface area contributed by atoms with Gasteiger partial charge in [-0.25, -0.2) is 0 Å². The van der Waals surface area contributed by atoms with Crippen molar-refractivity contribution in [3.05, 3.63) is 191 Å². The third-order valence-corrected chi connectivity index (χ3v) is 17.7. The number of para-hydroxylation sites is 1. The summed E-state index contributed by atoms with van der Waals surface area (Å²) in [7, 11) is 4.65. The standard InChI is InChI=1S/C68H61BN3O/c1-38-29-57(39-17-13-12-14-18-39)71(11)58-36-60-55(33-45(38)58)69-63-43(25-26-44-49-31-50-42-19-15-16-20-61(42)73-62(50)37-59(49)72(60)64(44)63)48-30-46-47-32-53-54(67(7,8)28-27-66(53,5)6)34-51(47)68(9,10)52(46)35-56(48)70-41-23-21-40(22-24-41)65(2,3)4/h12-26,29-37,70H,1,27-28H2,2-11H3. The zero-order valence-electron chi connectivity index (χ0n) is 43.9. The largest absolute Gasteiger partial charge is 0.456 e. The van der Waals surface area contributed by atoms with Crippen molar-refractivity contribution >= 4 is 90.3 Å². The summed E-state index contributed by atoms with van der Waals surface area (Å²) in [5.74, 6) is 0. The van der Waals surface area contributed by atoms with Gasteiger partial charge < -0.3 is 19.2 Å². The Morgan fingerprint density at radius 1 is 0.589 bits per heavy atom. The zero-order chi connectivity index (χ0) is 50.2. The van der Waals surface area contributed by atoms with Crippen LogP contribution in [0.2, 0.25) is 0 Å². The minimum Gasteiger partial charge on any atom is -0.456 e. The molecule has 0 amide bonds. The van der Waals surface area contributed by atoms with E-state index in [2.05, 4.69) is 237 Å². The summed E-state index contributed by atoms with van der Waals surface area (Å²) in [5.41, 5.74) is 27.6. The van der Waals surface area contributed by atoms with Crippen LogP contribution in [0.5, 0.6) is 0 Å². The molecule has 357 valence electrons. The smallest absolute Gasteiger partial charge is 0.197 e. The lowest BCUT2D eigenvalue weighted by Crippen LogP contribution is -2.38. The van der Waals surface area contributed by atoms with E-state index in [1.165, 1.54) is 90.2 Å². The average molecular weight is 947 g/mol. The van der Waals surface area contributed by atoms with Gasteiger partial charge in [0, 0.05) is 79.5 Å². The third-order valence-electron chi connectivity index (χ3n) is 17.7. The number of furan rings is 1. The van der Waals surface area contributed by atoms with E-state index in [4.69, 9.17) is 11.0 Å². The fourth-order valence-electron chi connectivity index (χ4n) is 13.3. The molecule has 2 aliphatic carbocycles. The van der Waals surface area contributed by atoms with Gasteiger partial charge in [0.25, 0.3) is 0 Å². The van der Waals surface area contributed by atoms with Crippen LogP contribution in [0.1, 0.15) is 114 Å². The van der Waals surface area contributed by atoms with Crippen LogP contribution in [0, 0.1) is 0 Å². The first-order valence-electron chi connectivity index (χ1n) is 26.3. The van der Waals surface area contributed by atoms with Crippen LogP contribution in [0.25, 0.3) is 83.0 Å². The highest BCUT2D eigenvalue weighted by atomic mass is 16.3. The fraction of sp³-hybridized carbons (Fsp3) is 0.235. The van der Waals surface area contributed by atoms with Crippen LogP contribution in [-0.2, 0) is 21.7 Å². The lowest BCUT2D eigenvalue weighted by atomic mass is 9.58. The molecule has 2 aromatic heterocycles. The van der Waals surface area contributed by atoms with Gasteiger partial charge >= 0.3 is 0 Å². The summed E-state index contributed by atoms with van der Waals surface area (Å²) in [6.07, 6.45) is 4.61. The van der Waals surface area contributed by atoms with E-state index in [0.29, 0.717) is 0 Å². The molecule has 1 N–H and O–H groups in total. The van der Waals surface area contributed by atoms with Gasteiger partial charge in [-0.15, -0.1) is 0 Å². The van der Waals surface area contributed by atoms with Gasteiger partial charge in [0.1, 0.15) is 11.2 Å². The quantitative estimate of drug-likeness (QED) is 0.179. The number of fused-ring (bicyclic) bond motifs is 13. The Bertz CT molecular complexity index is 4110. The van der Waals surface area contributed by atoms with E-state index in [1.807, 2.05) is 0 Å². The normalized spacial score (nSPS) is 16.8. The van der Waals surface area contributed by atoms with E-state index < -0.39 is 0 Å². The Morgan fingerprint density at radius 3 is 2.04 bits per heavy atom. The van der Waals surface area contributed by atoms with Crippen LogP contribution in [0.15, 0.2) is 157 Å². The number of nitrogens with one attached hydrogen (secondary N) is 1. The van der Waals surface area contributed by atoms with Gasteiger partial charge in [-0.3, -0.25) is 0 Å². The van der Waals surface area contributed by atoms with Crippen molar-refractivity contribution in [2.75, 3.05) is 17.3 Å². The van der Waals surface area contributed by atoms with Gasteiger partial charge in [0.05, 0.1) is 11.2 Å². The van der Waals surface area contributed by atoms with Gasteiger partial charge in [-0.05, 0) is 145 Å². The molecular weight excluding hydrogens is 886 g/mol. The Hall–Kier alpha value is -7.50. The van der Waals surface area contributed by atoms with Gasteiger partial charge in [0.15, 0.2) is 7.28 Å². The van der Waals surface area contributed by atoms with Crippen molar-refractivity contribution in [2.24, 2.45) is 0 Å². The molecule has 73 heavy (non-hydrogen) atoms. The number of allylic oxidation sites excluding steroid dienone is 2. The summed E-state index contributed by atoms with van der Waals surface area (Å²) in [5, 5.41) is 8.75. The van der Waals surface area contributed by atoms with Crippen molar-refractivity contribution < 1.29 is 4.42 Å². The van der Waals surface area contributed by atoms with E-state index in [1.54, 1.807) is 0 Å². The summed E-state index contributed by atoms with van der Waals surface area (Å²) in [6, 6.07) is 52.6. The molecule has 8 aromatic carbocycles. The van der Waals surface area contributed by atoms with Gasteiger partial charge in [0.2, 0.25) is 0 Å². The minimum atomic E-state index is -0.206. The Kier molecular flexibility index (Phi) is 8.98. The van der Waals surface area contributed by atoms with Crippen LogP contribution in [-0.4, -0.2) is 18.9 Å². The molecule has 4 aliphatic rings. The predicted octanol–water partition coefficient (Wildman–Crippen LogP) is 16.5. The Morgan fingerprint density at radius 2 is 1.29 bits per heavy atom. The molecule has 4 nitrogen and oxygen atoms in total. The highest BCUT2D eigenvalue weighted by Gasteiger charge is 2.43. The molecule has 0 fully saturated rings. The molecule has 0 saturated heterocycles. The fourth-order valence-corrected chi connectivity index (χ4v) is 13.3. The first-order chi connectivity index (χ1) is 34.9. The molecule has 0 saturated carbocycles. The molecule has 10 aromatic rings. The highest BCUT2D eigenvalue weighted by molar-refractivity contribution is 6.73. The summed E-state index contributed by atoms with van der Waals surface area (Å²) in [6.45, 7) is 26.2. The maximum atomic E-state index is 6.66. The molecule has 0 spiro atoms. The molecule has 5 heteroatoms. The zero-order valence-corrected chi connectivity index (χ0v) is 43.9. The number of nitrogens with zero attached hydrogens (tertiary/aromatic N) is 2. The molecule has 0 atom stereocenters. The third kappa shape index (κ3) is 6.33. The van der Waals surface area contributed by atoms with Gasteiger partial charge in [-0.1, -0.05) is 159 Å². The van der Waals surface area contributed by atoms with Crippen LogP contribution < -0.4 is 21.1 Å². The van der Waals surface area contributed by atoms with Crippen molar-refractivity contribution in [2.45, 2.75) is 96.8 Å². The first-order valence-corrected chi connectivity index (χ1v) is 26.3. The van der Waals surface area contributed by atoms with Crippen LogP contribution in [0.4, 0.5) is 17.1 Å². The molecule has 1 radical (unpaired) electrons. The molecule has 4 heterocycles. The van der Waals surface area contributed by atoms with Gasteiger partial charge in [-0.2, -0.15) is 0 Å². The second kappa shape index (κ2) is 14.8. The summed E-state index contributed by atoms with van der Waals surface area (Å²) >= 11 is 0. The monoisotopic (exact) mass is 946 g/mol. The highest BCUT2D eigenvalue weighted by Crippen LogP contribution is 2.56. The summed E-state index contributed by atoms with van der Waals surface area (Å²) in [4.78, 5) is 2.33. The maximum absolute atomic E-state index is 6.66. The van der Waals surface area contributed by atoms with E-state index in [9.17, 15) is 0 Å². The molecule has 0 unspecified atom stereocenters. The predicted molar refractivity (Wildman–Crippen MR) is 312 cm³/mol. The van der Waals surface area contributed by atoms with E-state index in [-0.39, 0.29) is 21.7 Å². The number of benzene rings is 8. The first kappa shape index (κ1) is 44.2. The lowest BCUT2D eigenvalue weighted by molar-refractivity contribution is 0.331. The van der Waals surface area contributed by atoms with Crippen molar-refractivity contribution in [1.29, 1.82) is 0 Å². The SMILES string of the molecule is C=C1C=C(c2ccccc2)N(C)c2cc3c(cc21)[B]c1c(-c2cc4c(cc2Nc2ccc(C(C)(C)C)cc2)C(C)(C)c2cc5c(cc2-4)C(C)(C)CCC5(C)C)ccc2c4cc5c(cc4n-3c12)oc1ccccc15. The second-order valence-electron chi connectivity index (χ2n) is 24.5. The number of hydrogen-bond donors (Lipinski definition) is 1. The van der Waals surface area contributed by atoms with Crippen LogP contribution >= 0.6 is 0 Å². The number of aromatic nitrogens is 1. The minimum absolute atomic E-state index is 0.0508. The Labute approximate surface area is 430 Å². The molecular formula is C68H61BN3O. The second-order valence-corrected chi connectivity index (χ2v) is 24.5. The average Bonchev–Trinajstić information content (AvgIpc) is 3.97. The van der Waals surface area contributed by atoms with Crippen LogP contribution in [0.3, 0.4) is 0 Å². The van der Waals surface area contributed by atoms with E-state index in [0.717, 1.165) is 72.5 Å². The lowest BCUT2D eigenvalue weighted by Gasteiger charge is -2.42. The number of rotatable bonds is 4. The molecule has 14 rings (SSSR count). The van der Waals surface area contributed by atoms with E-state index >= 15 is 0 Å². The molecule has 0 bridgehead atoms.